The predicted molar refractivity (Wildman–Crippen MR) is 88.5 cm³/mol. The molecule has 112 valence electrons. The number of carbonyl (C=O) groups excluding carboxylic acids is 1. The standard InChI is InChI=1S/C18H24N2O/c1-4-19-13(2)12-20-18(21)14(3)16-10-9-15-7-5-6-8-17(15)11-16/h5-11,13-14,19H,4,12H2,1-3H3,(H,20,21)/t13-,14?/m1/s1. The van der Waals surface area contributed by atoms with E-state index in [2.05, 4.69) is 48.7 Å². The lowest BCUT2D eigenvalue weighted by Crippen LogP contribution is -2.40. The molecule has 3 nitrogen and oxygen atoms in total. The quantitative estimate of drug-likeness (QED) is 0.856. The second-order valence-corrected chi connectivity index (χ2v) is 5.53. The van der Waals surface area contributed by atoms with Gasteiger partial charge in [0.25, 0.3) is 0 Å². The number of hydrogen-bond acceptors (Lipinski definition) is 2. The van der Waals surface area contributed by atoms with Crippen molar-refractivity contribution >= 4 is 16.7 Å². The molecule has 0 fully saturated rings. The van der Waals surface area contributed by atoms with Gasteiger partial charge in [-0.1, -0.05) is 49.4 Å². The molecule has 0 saturated carbocycles. The molecule has 0 aliphatic heterocycles. The van der Waals surface area contributed by atoms with Crippen molar-refractivity contribution in [1.82, 2.24) is 10.6 Å². The van der Waals surface area contributed by atoms with Crippen LogP contribution in [0.25, 0.3) is 10.8 Å². The average molecular weight is 284 g/mol. The summed E-state index contributed by atoms with van der Waals surface area (Å²) in [6.07, 6.45) is 0. The lowest BCUT2D eigenvalue weighted by Gasteiger charge is -2.17. The molecule has 2 atom stereocenters. The van der Waals surface area contributed by atoms with E-state index in [0.717, 1.165) is 12.1 Å². The Morgan fingerprint density at radius 3 is 2.52 bits per heavy atom. The molecular formula is C18H24N2O. The number of likely N-dealkylation sites (N-methyl/N-ethyl adjacent to an activating group) is 1. The molecule has 0 aliphatic rings. The van der Waals surface area contributed by atoms with Gasteiger partial charge >= 0.3 is 0 Å². The highest BCUT2D eigenvalue weighted by atomic mass is 16.1. The first-order valence-corrected chi connectivity index (χ1v) is 7.61. The zero-order valence-corrected chi connectivity index (χ0v) is 13.0. The second-order valence-electron chi connectivity index (χ2n) is 5.53. The molecule has 0 aliphatic carbocycles. The van der Waals surface area contributed by atoms with Crippen molar-refractivity contribution < 1.29 is 4.79 Å². The maximum atomic E-state index is 12.2. The van der Waals surface area contributed by atoms with E-state index >= 15 is 0 Å². The van der Waals surface area contributed by atoms with Gasteiger partial charge < -0.3 is 10.6 Å². The molecule has 0 saturated heterocycles. The van der Waals surface area contributed by atoms with Crippen LogP contribution in [0.5, 0.6) is 0 Å². The van der Waals surface area contributed by atoms with Crippen molar-refractivity contribution in [2.45, 2.75) is 32.7 Å². The van der Waals surface area contributed by atoms with Gasteiger partial charge in [-0.05, 0) is 36.7 Å². The highest BCUT2D eigenvalue weighted by Crippen LogP contribution is 2.21. The van der Waals surface area contributed by atoms with Gasteiger partial charge in [0, 0.05) is 12.6 Å². The van der Waals surface area contributed by atoms with Crippen LogP contribution >= 0.6 is 0 Å². The first kappa shape index (κ1) is 15.5. The smallest absolute Gasteiger partial charge is 0.227 e. The molecule has 21 heavy (non-hydrogen) atoms. The predicted octanol–water partition coefficient (Wildman–Crippen LogP) is 3.06. The summed E-state index contributed by atoms with van der Waals surface area (Å²) >= 11 is 0. The Hall–Kier alpha value is -1.87. The van der Waals surface area contributed by atoms with Gasteiger partial charge in [0.15, 0.2) is 0 Å². The van der Waals surface area contributed by atoms with Gasteiger partial charge in [-0.25, -0.2) is 0 Å². The molecule has 0 aromatic heterocycles. The van der Waals surface area contributed by atoms with Gasteiger partial charge in [0.05, 0.1) is 5.92 Å². The van der Waals surface area contributed by atoms with Crippen molar-refractivity contribution in [2.75, 3.05) is 13.1 Å². The number of benzene rings is 2. The number of fused-ring (bicyclic) bond motifs is 1. The largest absolute Gasteiger partial charge is 0.354 e. The third-order valence-corrected chi connectivity index (χ3v) is 3.80. The summed E-state index contributed by atoms with van der Waals surface area (Å²) in [7, 11) is 0. The number of hydrogen-bond donors (Lipinski definition) is 2. The van der Waals surface area contributed by atoms with E-state index in [1.54, 1.807) is 0 Å². The average Bonchev–Trinajstić information content (AvgIpc) is 2.51. The highest BCUT2D eigenvalue weighted by Gasteiger charge is 2.15. The number of carbonyl (C=O) groups is 1. The fourth-order valence-electron chi connectivity index (χ4n) is 2.46. The summed E-state index contributed by atoms with van der Waals surface area (Å²) in [6.45, 7) is 7.67. The molecule has 2 rings (SSSR count). The Balaban J connectivity index is 2.03. The van der Waals surface area contributed by atoms with Crippen molar-refractivity contribution in [3.05, 3.63) is 48.0 Å². The fraction of sp³-hybridized carbons (Fsp3) is 0.389. The van der Waals surface area contributed by atoms with E-state index in [-0.39, 0.29) is 11.8 Å². The summed E-state index contributed by atoms with van der Waals surface area (Å²) in [5.41, 5.74) is 1.06. The Morgan fingerprint density at radius 1 is 1.10 bits per heavy atom. The summed E-state index contributed by atoms with van der Waals surface area (Å²) in [5, 5.41) is 8.68. The van der Waals surface area contributed by atoms with E-state index in [0.29, 0.717) is 12.6 Å². The van der Waals surface area contributed by atoms with Gasteiger partial charge in [-0.2, -0.15) is 0 Å². The topological polar surface area (TPSA) is 41.1 Å². The van der Waals surface area contributed by atoms with Gasteiger partial charge in [0.1, 0.15) is 0 Å². The third-order valence-electron chi connectivity index (χ3n) is 3.80. The molecule has 3 heteroatoms. The van der Waals surface area contributed by atoms with E-state index in [4.69, 9.17) is 0 Å². The fourth-order valence-corrected chi connectivity index (χ4v) is 2.46. The van der Waals surface area contributed by atoms with Crippen LogP contribution in [0.3, 0.4) is 0 Å². The SMILES string of the molecule is CCN[C@H](C)CNC(=O)C(C)c1ccc2ccccc2c1. The van der Waals surface area contributed by atoms with Crippen LogP contribution < -0.4 is 10.6 Å². The van der Waals surface area contributed by atoms with Gasteiger partial charge in [-0.3, -0.25) is 4.79 Å². The lowest BCUT2D eigenvalue weighted by atomic mass is 9.97. The lowest BCUT2D eigenvalue weighted by molar-refractivity contribution is -0.122. The zero-order chi connectivity index (χ0) is 15.2. The molecule has 0 radical (unpaired) electrons. The first-order chi connectivity index (χ1) is 10.1. The number of nitrogens with one attached hydrogen (secondary N) is 2. The molecule has 1 unspecified atom stereocenters. The summed E-state index contributed by atoms with van der Waals surface area (Å²) in [5.74, 6) is -0.0570. The molecule has 0 bridgehead atoms. The second kappa shape index (κ2) is 7.23. The molecule has 2 N–H and O–H groups in total. The molecule has 2 aromatic carbocycles. The molecular weight excluding hydrogens is 260 g/mol. The summed E-state index contributed by atoms with van der Waals surface area (Å²) in [6, 6.07) is 14.7. The van der Waals surface area contributed by atoms with E-state index in [9.17, 15) is 4.79 Å². The minimum Gasteiger partial charge on any atom is -0.354 e. The van der Waals surface area contributed by atoms with E-state index < -0.39 is 0 Å². The summed E-state index contributed by atoms with van der Waals surface area (Å²) in [4.78, 5) is 12.2. The number of rotatable bonds is 6. The Kier molecular flexibility index (Phi) is 5.34. The Bertz CT molecular complexity index is 609. The van der Waals surface area contributed by atoms with Crippen LogP contribution in [-0.2, 0) is 4.79 Å². The molecule has 0 spiro atoms. The monoisotopic (exact) mass is 284 g/mol. The van der Waals surface area contributed by atoms with Crippen molar-refractivity contribution in [2.24, 2.45) is 0 Å². The maximum Gasteiger partial charge on any atom is 0.227 e. The van der Waals surface area contributed by atoms with E-state index in [1.165, 1.54) is 10.8 Å². The van der Waals surface area contributed by atoms with Gasteiger partial charge in [0.2, 0.25) is 5.91 Å². The van der Waals surface area contributed by atoms with Crippen LogP contribution in [-0.4, -0.2) is 25.0 Å². The van der Waals surface area contributed by atoms with E-state index in [1.807, 2.05) is 25.1 Å². The summed E-state index contributed by atoms with van der Waals surface area (Å²) < 4.78 is 0. The zero-order valence-electron chi connectivity index (χ0n) is 13.0. The van der Waals surface area contributed by atoms with Crippen molar-refractivity contribution in [3.8, 4) is 0 Å². The van der Waals surface area contributed by atoms with Crippen LogP contribution in [0.4, 0.5) is 0 Å². The third kappa shape index (κ3) is 4.05. The Labute approximate surface area is 126 Å². The van der Waals surface area contributed by atoms with Crippen LogP contribution in [0.15, 0.2) is 42.5 Å². The maximum absolute atomic E-state index is 12.2. The van der Waals surface area contributed by atoms with Crippen LogP contribution in [0.2, 0.25) is 0 Å². The molecule has 0 heterocycles. The first-order valence-electron chi connectivity index (χ1n) is 7.61. The van der Waals surface area contributed by atoms with Crippen molar-refractivity contribution in [1.29, 1.82) is 0 Å². The highest BCUT2D eigenvalue weighted by molar-refractivity contribution is 5.87. The van der Waals surface area contributed by atoms with Crippen molar-refractivity contribution in [3.63, 3.8) is 0 Å². The van der Waals surface area contributed by atoms with Crippen LogP contribution in [0, 0.1) is 0 Å². The molecule has 2 aromatic rings. The van der Waals surface area contributed by atoms with Gasteiger partial charge in [-0.15, -0.1) is 0 Å². The minimum absolute atomic E-state index is 0.0787. The van der Waals surface area contributed by atoms with Crippen LogP contribution in [0.1, 0.15) is 32.3 Å². The number of amides is 1. The Morgan fingerprint density at radius 2 is 1.81 bits per heavy atom. The normalized spacial score (nSPS) is 13.9. The molecule has 1 amide bonds. The minimum atomic E-state index is -0.136.